The van der Waals surface area contributed by atoms with E-state index in [0.717, 1.165) is 10.4 Å². The second-order valence-corrected chi connectivity index (χ2v) is 5.84. The molecule has 0 aliphatic carbocycles. The molecule has 0 aliphatic heterocycles. The SMILES string of the molecule is CN(c1cccc(F)c1)S(=O)(=O)c1ccc(N)nc1. The first kappa shape index (κ1) is 13.3. The van der Waals surface area contributed by atoms with E-state index in [9.17, 15) is 12.8 Å². The normalized spacial score (nSPS) is 11.3. The van der Waals surface area contributed by atoms with Crippen LogP contribution < -0.4 is 10.0 Å². The molecule has 0 saturated carbocycles. The number of nitrogens with two attached hydrogens (primary N) is 1. The van der Waals surface area contributed by atoms with Crippen molar-refractivity contribution >= 4 is 21.5 Å². The quantitative estimate of drug-likeness (QED) is 0.927. The summed E-state index contributed by atoms with van der Waals surface area (Å²) in [5.41, 5.74) is 5.64. The summed E-state index contributed by atoms with van der Waals surface area (Å²) in [6.45, 7) is 0. The van der Waals surface area contributed by atoms with Crippen LogP contribution in [-0.2, 0) is 10.0 Å². The molecule has 2 N–H and O–H groups in total. The maximum atomic E-state index is 13.1. The molecule has 100 valence electrons. The van der Waals surface area contributed by atoms with Crippen LogP contribution in [0.5, 0.6) is 0 Å². The predicted molar refractivity (Wildman–Crippen MR) is 70.6 cm³/mol. The van der Waals surface area contributed by atoms with Crippen LogP contribution in [0.15, 0.2) is 47.5 Å². The molecular formula is C12H12FN3O2S. The summed E-state index contributed by atoms with van der Waals surface area (Å²) in [7, 11) is -2.43. The van der Waals surface area contributed by atoms with E-state index >= 15 is 0 Å². The second-order valence-electron chi connectivity index (χ2n) is 3.87. The molecular weight excluding hydrogens is 269 g/mol. The van der Waals surface area contributed by atoms with Crippen LogP contribution in [0, 0.1) is 5.82 Å². The molecule has 7 heteroatoms. The lowest BCUT2D eigenvalue weighted by atomic mass is 10.3. The van der Waals surface area contributed by atoms with E-state index < -0.39 is 15.8 Å². The van der Waals surface area contributed by atoms with Crippen LogP contribution in [-0.4, -0.2) is 20.4 Å². The van der Waals surface area contributed by atoms with Crippen molar-refractivity contribution in [3.63, 3.8) is 0 Å². The van der Waals surface area contributed by atoms with Gasteiger partial charge < -0.3 is 5.73 Å². The maximum Gasteiger partial charge on any atom is 0.265 e. The first-order valence-corrected chi connectivity index (χ1v) is 6.81. The summed E-state index contributed by atoms with van der Waals surface area (Å²) in [5, 5.41) is 0. The molecule has 0 spiro atoms. The molecule has 1 heterocycles. The van der Waals surface area contributed by atoms with Gasteiger partial charge in [-0.05, 0) is 30.3 Å². The number of aromatic nitrogens is 1. The molecule has 0 aliphatic rings. The van der Waals surface area contributed by atoms with Gasteiger partial charge in [0.1, 0.15) is 16.5 Å². The number of anilines is 2. The number of hydrogen-bond acceptors (Lipinski definition) is 4. The van der Waals surface area contributed by atoms with Crippen LogP contribution in [0.3, 0.4) is 0 Å². The number of hydrogen-bond donors (Lipinski definition) is 1. The highest BCUT2D eigenvalue weighted by molar-refractivity contribution is 7.92. The van der Waals surface area contributed by atoms with Crippen LogP contribution >= 0.6 is 0 Å². The smallest absolute Gasteiger partial charge is 0.265 e. The van der Waals surface area contributed by atoms with E-state index in [1.54, 1.807) is 0 Å². The Labute approximate surface area is 110 Å². The van der Waals surface area contributed by atoms with Crippen molar-refractivity contribution in [1.82, 2.24) is 4.98 Å². The van der Waals surface area contributed by atoms with Crippen molar-refractivity contribution in [2.75, 3.05) is 17.1 Å². The summed E-state index contributed by atoms with van der Waals surface area (Å²) in [6, 6.07) is 8.08. The van der Waals surface area contributed by atoms with Crippen LogP contribution in [0.25, 0.3) is 0 Å². The van der Waals surface area contributed by atoms with E-state index in [2.05, 4.69) is 4.98 Å². The fourth-order valence-corrected chi connectivity index (χ4v) is 2.65. The van der Waals surface area contributed by atoms with Crippen molar-refractivity contribution in [1.29, 1.82) is 0 Å². The summed E-state index contributed by atoms with van der Waals surface area (Å²) in [6.07, 6.45) is 1.17. The molecule has 0 radical (unpaired) electrons. The zero-order valence-electron chi connectivity index (χ0n) is 10.1. The molecule has 0 saturated heterocycles. The Morgan fingerprint density at radius 2 is 2.00 bits per heavy atom. The van der Waals surface area contributed by atoms with Crippen molar-refractivity contribution in [3.05, 3.63) is 48.4 Å². The van der Waals surface area contributed by atoms with E-state index in [0.29, 0.717) is 0 Å². The molecule has 2 aromatic rings. The van der Waals surface area contributed by atoms with E-state index in [1.807, 2.05) is 0 Å². The summed E-state index contributed by atoms with van der Waals surface area (Å²) in [4.78, 5) is 3.73. The molecule has 5 nitrogen and oxygen atoms in total. The lowest BCUT2D eigenvalue weighted by Crippen LogP contribution is -2.26. The third kappa shape index (κ3) is 2.65. The topological polar surface area (TPSA) is 76.3 Å². The van der Waals surface area contributed by atoms with Gasteiger partial charge in [0.2, 0.25) is 0 Å². The van der Waals surface area contributed by atoms with Gasteiger partial charge in [-0.2, -0.15) is 0 Å². The van der Waals surface area contributed by atoms with Crippen molar-refractivity contribution in [2.45, 2.75) is 4.90 Å². The molecule has 2 rings (SSSR count). The van der Waals surface area contributed by atoms with Gasteiger partial charge in [0.05, 0.1) is 5.69 Å². The Bertz CT molecular complexity index is 686. The molecule has 0 atom stereocenters. The Morgan fingerprint density at radius 1 is 1.26 bits per heavy atom. The van der Waals surface area contributed by atoms with Gasteiger partial charge in [0.25, 0.3) is 10.0 Å². The van der Waals surface area contributed by atoms with Gasteiger partial charge in [-0.3, -0.25) is 4.31 Å². The number of pyridine rings is 1. The predicted octanol–water partition coefficient (Wildman–Crippen LogP) is 1.63. The number of nitrogens with zero attached hydrogens (tertiary/aromatic N) is 2. The van der Waals surface area contributed by atoms with Crippen molar-refractivity contribution in [2.24, 2.45) is 0 Å². The molecule has 0 amide bonds. The zero-order chi connectivity index (χ0) is 14.0. The third-order valence-corrected chi connectivity index (χ3v) is 4.36. The molecule has 1 aromatic heterocycles. The fraction of sp³-hybridized carbons (Fsp3) is 0.0833. The van der Waals surface area contributed by atoms with Gasteiger partial charge in [-0.25, -0.2) is 17.8 Å². The summed E-state index contributed by atoms with van der Waals surface area (Å²) < 4.78 is 38.7. The first-order valence-electron chi connectivity index (χ1n) is 5.37. The largest absolute Gasteiger partial charge is 0.384 e. The van der Waals surface area contributed by atoms with Gasteiger partial charge in [0, 0.05) is 13.2 Å². The average molecular weight is 281 g/mol. The summed E-state index contributed by atoms with van der Waals surface area (Å²) in [5.74, 6) is -0.276. The van der Waals surface area contributed by atoms with Crippen LogP contribution in [0.1, 0.15) is 0 Å². The monoisotopic (exact) mass is 281 g/mol. The highest BCUT2D eigenvalue weighted by Gasteiger charge is 2.21. The molecule has 1 aromatic carbocycles. The highest BCUT2D eigenvalue weighted by atomic mass is 32.2. The van der Waals surface area contributed by atoms with Crippen molar-refractivity contribution in [3.8, 4) is 0 Å². The fourth-order valence-electron chi connectivity index (χ4n) is 1.51. The highest BCUT2D eigenvalue weighted by Crippen LogP contribution is 2.22. The molecule has 19 heavy (non-hydrogen) atoms. The Kier molecular flexibility index (Phi) is 3.39. The lowest BCUT2D eigenvalue weighted by Gasteiger charge is -2.19. The van der Waals surface area contributed by atoms with Crippen molar-refractivity contribution < 1.29 is 12.8 Å². The van der Waals surface area contributed by atoms with Crippen LogP contribution in [0.4, 0.5) is 15.9 Å². The number of benzene rings is 1. The Morgan fingerprint density at radius 3 is 2.58 bits per heavy atom. The lowest BCUT2D eigenvalue weighted by molar-refractivity contribution is 0.593. The average Bonchev–Trinajstić information content (AvgIpc) is 2.38. The minimum atomic E-state index is -3.78. The van der Waals surface area contributed by atoms with Gasteiger partial charge >= 0.3 is 0 Å². The number of sulfonamides is 1. The molecule has 0 unspecified atom stereocenters. The van der Waals surface area contributed by atoms with Gasteiger partial charge in [0.15, 0.2) is 0 Å². The molecule has 0 bridgehead atoms. The minimum Gasteiger partial charge on any atom is -0.384 e. The summed E-state index contributed by atoms with van der Waals surface area (Å²) >= 11 is 0. The van der Waals surface area contributed by atoms with Crippen LogP contribution in [0.2, 0.25) is 0 Å². The maximum absolute atomic E-state index is 13.1. The van der Waals surface area contributed by atoms with E-state index in [1.165, 1.54) is 43.6 Å². The van der Waals surface area contributed by atoms with E-state index in [4.69, 9.17) is 5.73 Å². The van der Waals surface area contributed by atoms with Gasteiger partial charge in [-0.15, -0.1) is 0 Å². The number of nitrogen functional groups attached to an aromatic ring is 1. The van der Waals surface area contributed by atoms with E-state index in [-0.39, 0.29) is 16.4 Å². The molecule has 0 fully saturated rings. The Hall–Kier alpha value is -2.15. The second kappa shape index (κ2) is 4.85. The number of rotatable bonds is 3. The van der Waals surface area contributed by atoms with Gasteiger partial charge in [-0.1, -0.05) is 6.07 Å². The number of halogens is 1. The standard InChI is InChI=1S/C12H12FN3O2S/c1-16(10-4-2-3-9(13)7-10)19(17,18)11-5-6-12(14)15-8-11/h2-8H,1H3,(H2,14,15). The minimum absolute atomic E-state index is 0.00605. The Balaban J connectivity index is 2.42. The third-order valence-electron chi connectivity index (χ3n) is 2.59. The first-order chi connectivity index (χ1) is 8.91. The zero-order valence-corrected chi connectivity index (χ0v) is 10.9.